The Balaban J connectivity index is 1.74. The summed E-state index contributed by atoms with van der Waals surface area (Å²) in [5.41, 5.74) is 0.796. The van der Waals surface area contributed by atoms with Gasteiger partial charge in [0.05, 0.1) is 23.5 Å². The van der Waals surface area contributed by atoms with Crippen molar-refractivity contribution in [2.45, 2.75) is 25.6 Å². The zero-order valence-corrected chi connectivity index (χ0v) is 14.5. The molecule has 0 unspecified atom stereocenters. The van der Waals surface area contributed by atoms with Gasteiger partial charge in [-0.3, -0.25) is 9.59 Å². The first kappa shape index (κ1) is 18.8. The minimum atomic E-state index is -4.40. The summed E-state index contributed by atoms with van der Waals surface area (Å²) in [6.45, 7) is 1.66. The lowest BCUT2D eigenvalue weighted by Crippen LogP contribution is -2.42. The summed E-state index contributed by atoms with van der Waals surface area (Å²) in [6, 6.07) is 11.1. The van der Waals surface area contributed by atoms with Crippen LogP contribution in [-0.4, -0.2) is 24.4 Å². The monoisotopic (exact) mass is 377 g/mol. The molecule has 142 valence electrons. The van der Waals surface area contributed by atoms with E-state index in [1.807, 2.05) is 0 Å². The van der Waals surface area contributed by atoms with E-state index in [4.69, 9.17) is 0 Å². The average Bonchev–Trinajstić information content (AvgIpc) is 2.73. The Morgan fingerprint density at radius 1 is 1.19 bits per heavy atom. The number of rotatable bonds is 3. The summed E-state index contributed by atoms with van der Waals surface area (Å²) in [7, 11) is 0. The van der Waals surface area contributed by atoms with Gasteiger partial charge in [0.1, 0.15) is 0 Å². The van der Waals surface area contributed by atoms with Crippen LogP contribution in [0, 0.1) is 0 Å². The highest BCUT2D eigenvalue weighted by atomic mass is 19.4. The molecule has 0 aliphatic carbocycles. The van der Waals surface area contributed by atoms with E-state index in [9.17, 15) is 22.8 Å². The van der Waals surface area contributed by atoms with E-state index in [0.29, 0.717) is 17.1 Å². The molecule has 8 heteroatoms. The number of para-hydroxylation sites is 2. The zero-order valence-electron chi connectivity index (χ0n) is 14.5. The molecule has 1 aliphatic heterocycles. The third-order valence-corrected chi connectivity index (χ3v) is 4.28. The van der Waals surface area contributed by atoms with Gasteiger partial charge in [-0.1, -0.05) is 12.1 Å². The molecule has 0 spiro atoms. The first-order valence-corrected chi connectivity index (χ1v) is 8.38. The van der Waals surface area contributed by atoms with E-state index in [2.05, 4.69) is 10.6 Å². The molecule has 1 heterocycles. The number of nitrogens with one attached hydrogen (secondary N) is 2. The SMILES string of the molecule is C[C@H]1CC(=O)Nc2ccccc2N1C(=O)CNc1ccc(C(F)(F)F)cc1. The van der Waals surface area contributed by atoms with E-state index in [-0.39, 0.29) is 30.8 Å². The molecule has 0 bridgehead atoms. The Labute approximate surface area is 154 Å². The lowest BCUT2D eigenvalue weighted by Gasteiger charge is -2.28. The number of carbonyl (C=O) groups is 2. The minimum absolute atomic E-state index is 0.113. The standard InChI is InChI=1S/C19H18F3N3O2/c1-12-10-17(26)24-15-4-2-3-5-16(15)25(12)18(27)11-23-14-8-6-13(7-9-14)19(20,21)22/h2-9,12,23H,10-11H2,1H3,(H,24,26)/t12-/m0/s1. The molecule has 0 saturated heterocycles. The molecule has 5 nitrogen and oxygen atoms in total. The molecule has 1 aliphatic rings. The van der Waals surface area contributed by atoms with Gasteiger partial charge in [-0.15, -0.1) is 0 Å². The number of amides is 2. The van der Waals surface area contributed by atoms with Crippen molar-refractivity contribution in [2.75, 3.05) is 22.1 Å². The summed E-state index contributed by atoms with van der Waals surface area (Å²) in [5.74, 6) is -0.465. The highest BCUT2D eigenvalue weighted by molar-refractivity contribution is 6.05. The molecular weight excluding hydrogens is 359 g/mol. The van der Waals surface area contributed by atoms with Crippen molar-refractivity contribution in [3.63, 3.8) is 0 Å². The molecule has 0 fully saturated rings. The minimum Gasteiger partial charge on any atom is -0.376 e. The second-order valence-corrected chi connectivity index (χ2v) is 6.31. The van der Waals surface area contributed by atoms with Gasteiger partial charge in [0, 0.05) is 18.2 Å². The Bertz CT molecular complexity index is 850. The lowest BCUT2D eigenvalue weighted by atomic mass is 10.1. The Morgan fingerprint density at radius 3 is 2.52 bits per heavy atom. The van der Waals surface area contributed by atoms with Crippen LogP contribution in [0.3, 0.4) is 0 Å². The number of hydrogen-bond acceptors (Lipinski definition) is 3. The van der Waals surface area contributed by atoms with Crippen LogP contribution in [0.1, 0.15) is 18.9 Å². The molecule has 3 rings (SSSR count). The van der Waals surface area contributed by atoms with Crippen molar-refractivity contribution in [3.8, 4) is 0 Å². The summed E-state index contributed by atoms with van der Waals surface area (Å²) in [4.78, 5) is 26.3. The van der Waals surface area contributed by atoms with Gasteiger partial charge in [-0.25, -0.2) is 0 Å². The molecule has 0 radical (unpaired) electrons. The second-order valence-electron chi connectivity index (χ2n) is 6.31. The summed E-state index contributed by atoms with van der Waals surface area (Å²) < 4.78 is 37.8. The molecule has 2 amide bonds. The molecule has 0 aromatic heterocycles. The van der Waals surface area contributed by atoms with Crippen LogP contribution in [0.4, 0.5) is 30.2 Å². The highest BCUT2D eigenvalue weighted by Gasteiger charge is 2.31. The molecule has 0 saturated carbocycles. The molecular formula is C19H18F3N3O2. The zero-order chi connectivity index (χ0) is 19.6. The van der Waals surface area contributed by atoms with Crippen molar-refractivity contribution in [2.24, 2.45) is 0 Å². The Kier molecular flexibility index (Phi) is 5.07. The Hall–Kier alpha value is -3.03. The quantitative estimate of drug-likeness (QED) is 0.853. The number of halogens is 3. The summed E-state index contributed by atoms with van der Waals surface area (Å²) >= 11 is 0. The summed E-state index contributed by atoms with van der Waals surface area (Å²) in [5, 5.41) is 5.61. The topological polar surface area (TPSA) is 61.4 Å². The average molecular weight is 377 g/mol. The van der Waals surface area contributed by atoms with Gasteiger partial charge in [0.15, 0.2) is 0 Å². The van der Waals surface area contributed by atoms with Crippen molar-refractivity contribution in [1.82, 2.24) is 0 Å². The number of anilines is 3. The maximum atomic E-state index is 12.8. The lowest BCUT2D eigenvalue weighted by molar-refractivity contribution is -0.137. The van der Waals surface area contributed by atoms with E-state index in [1.165, 1.54) is 17.0 Å². The maximum Gasteiger partial charge on any atom is 0.416 e. The molecule has 2 N–H and O–H groups in total. The van der Waals surface area contributed by atoms with Crippen LogP contribution >= 0.6 is 0 Å². The highest BCUT2D eigenvalue weighted by Crippen LogP contribution is 2.32. The maximum absolute atomic E-state index is 12.8. The number of alkyl halides is 3. The molecule has 27 heavy (non-hydrogen) atoms. The fourth-order valence-electron chi connectivity index (χ4n) is 3.01. The largest absolute Gasteiger partial charge is 0.416 e. The second kappa shape index (κ2) is 7.30. The number of benzene rings is 2. The number of fused-ring (bicyclic) bond motifs is 1. The Morgan fingerprint density at radius 2 is 1.85 bits per heavy atom. The van der Waals surface area contributed by atoms with Gasteiger partial charge in [0.25, 0.3) is 0 Å². The van der Waals surface area contributed by atoms with E-state index >= 15 is 0 Å². The predicted octanol–water partition coefficient (Wildman–Crippen LogP) is 3.88. The van der Waals surface area contributed by atoms with Crippen LogP contribution in [0.25, 0.3) is 0 Å². The van der Waals surface area contributed by atoms with Crippen LogP contribution < -0.4 is 15.5 Å². The third-order valence-electron chi connectivity index (χ3n) is 4.28. The third kappa shape index (κ3) is 4.21. The summed E-state index contributed by atoms with van der Waals surface area (Å²) in [6.07, 6.45) is -4.25. The van der Waals surface area contributed by atoms with Gasteiger partial charge in [-0.2, -0.15) is 13.2 Å². The van der Waals surface area contributed by atoms with Gasteiger partial charge >= 0.3 is 6.18 Å². The first-order chi connectivity index (χ1) is 12.8. The van der Waals surface area contributed by atoms with Crippen LogP contribution in [-0.2, 0) is 15.8 Å². The number of carbonyl (C=O) groups excluding carboxylic acids is 2. The van der Waals surface area contributed by atoms with Crippen LogP contribution in [0.5, 0.6) is 0 Å². The van der Waals surface area contributed by atoms with Crippen LogP contribution in [0.2, 0.25) is 0 Å². The van der Waals surface area contributed by atoms with Gasteiger partial charge in [-0.05, 0) is 43.3 Å². The fourth-order valence-corrected chi connectivity index (χ4v) is 3.01. The molecule has 1 atom stereocenters. The van der Waals surface area contributed by atoms with Gasteiger partial charge in [0.2, 0.25) is 11.8 Å². The van der Waals surface area contributed by atoms with Crippen molar-refractivity contribution in [1.29, 1.82) is 0 Å². The van der Waals surface area contributed by atoms with Crippen LogP contribution in [0.15, 0.2) is 48.5 Å². The van der Waals surface area contributed by atoms with Crippen molar-refractivity contribution >= 4 is 28.9 Å². The van der Waals surface area contributed by atoms with E-state index in [1.54, 1.807) is 31.2 Å². The number of nitrogens with zero attached hydrogens (tertiary/aromatic N) is 1. The molecule has 2 aromatic rings. The fraction of sp³-hybridized carbons (Fsp3) is 0.263. The smallest absolute Gasteiger partial charge is 0.376 e. The predicted molar refractivity (Wildman–Crippen MR) is 96.6 cm³/mol. The van der Waals surface area contributed by atoms with Crippen molar-refractivity contribution in [3.05, 3.63) is 54.1 Å². The van der Waals surface area contributed by atoms with Crippen molar-refractivity contribution < 1.29 is 22.8 Å². The first-order valence-electron chi connectivity index (χ1n) is 8.38. The number of hydrogen-bond donors (Lipinski definition) is 2. The molecule has 2 aromatic carbocycles. The van der Waals surface area contributed by atoms with E-state index < -0.39 is 11.7 Å². The van der Waals surface area contributed by atoms with Gasteiger partial charge < -0.3 is 15.5 Å². The normalized spacial score (nSPS) is 17.0. The van der Waals surface area contributed by atoms with E-state index in [0.717, 1.165) is 12.1 Å².